The lowest BCUT2D eigenvalue weighted by atomic mass is 10.2. The average Bonchev–Trinajstić information content (AvgIpc) is 2.40. The molecule has 0 aliphatic heterocycles. The van der Waals surface area contributed by atoms with Gasteiger partial charge in [-0.05, 0) is 46.3 Å². The van der Waals surface area contributed by atoms with E-state index in [1.807, 2.05) is 0 Å². The summed E-state index contributed by atoms with van der Waals surface area (Å²) in [5, 5.41) is 11.6. The number of benzene rings is 2. The maximum absolute atomic E-state index is 11.2. The Kier molecular flexibility index (Phi) is 4.59. The molecule has 0 spiro atoms. The lowest BCUT2D eigenvalue weighted by Gasteiger charge is -2.12. The van der Waals surface area contributed by atoms with Crippen molar-refractivity contribution in [1.82, 2.24) is 0 Å². The molecule has 2 N–H and O–H groups in total. The smallest absolute Gasteiger partial charge is 0.336 e. The van der Waals surface area contributed by atoms with E-state index in [-0.39, 0.29) is 11.5 Å². The van der Waals surface area contributed by atoms with Crippen LogP contribution < -0.4 is 10.1 Å². The maximum atomic E-state index is 11.2. The highest BCUT2D eigenvalue weighted by Crippen LogP contribution is 2.31. The number of aromatic carboxylic acids is 1. The van der Waals surface area contributed by atoms with Crippen LogP contribution in [-0.2, 0) is 4.79 Å². The van der Waals surface area contributed by atoms with Crippen LogP contribution >= 0.6 is 15.9 Å². The summed E-state index contributed by atoms with van der Waals surface area (Å²) in [6.45, 7) is 1.41. The van der Waals surface area contributed by atoms with Crippen LogP contribution in [0.15, 0.2) is 46.9 Å². The van der Waals surface area contributed by atoms with Gasteiger partial charge in [-0.3, -0.25) is 4.79 Å². The first-order valence-corrected chi connectivity index (χ1v) is 6.84. The van der Waals surface area contributed by atoms with E-state index >= 15 is 0 Å². The quantitative estimate of drug-likeness (QED) is 0.877. The molecule has 0 bridgehead atoms. The first kappa shape index (κ1) is 15.1. The molecule has 2 aromatic carbocycles. The predicted molar refractivity (Wildman–Crippen MR) is 81.9 cm³/mol. The van der Waals surface area contributed by atoms with Gasteiger partial charge in [0.15, 0.2) is 5.75 Å². The van der Waals surface area contributed by atoms with E-state index in [4.69, 9.17) is 9.84 Å². The molecule has 0 heterocycles. The van der Waals surface area contributed by atoms with E-state index in [0.29, 0.717) is 21.7 Å². The molecule has 0 atom stereocenters. The number of hydrogen-bond donors (Lipinski definition) is 2. The van der Waals surface area contributed by atoms with Crippen molar-refractivity contribution in [3.8, 4) is 11.5 Å². The van der Waals surface area contributed by atoms with E-state index in [9.17, 15) is 9.59 Å². The molecule has 21 heavy (non-hydrogen) atoms. The molecular weight excluding hydrogens is 338 g/mol. The number of anilines is 1. The second-order valence-electron chi connectivity index (χ2n) is 4.23. The Morgan fingerprint density at radius 2 is 1.90 bits per heavy atom. The number of carboxylic acids is 1. The molecule has 108 valence electrons. The van der Waals surface area contributed by atoms with Gasteiger partial charge < -0.3 is 15.2 Å². The number of carbonyl (C=O) groups excluding carboxylic acids is 1. The molecule has 0 fully saturated rings. The third-order valence-corrected chi connectivity index (χ3v) is 3.25. The van der Waals surface area contributed by atoms with Crippen LogP contribution in [0, 0.1) is 0 Å². The fourth-order valence-corrected chi connectivity index (χ4v) is 2.24. The number of amides is 1. The zero-order chi connectivity index (χ0) is 15.4. The predicted octanol–water partition coefficient (Wildman–Crippen LogP) is 3.90. The minimum absolute atomic E-state index is 0.150. The summed E-state index contributed by atoms with van der Waals surface area (Å²) in [7, 11) is 0. The van der Waals surface area contributed by atoms with Gasteiger partial charge in [0.2, 0.25) is 5.91 Å². The van der Waals surface area contributed by atoms with Crippen molar-refractivity contribution >= 4 is 33.5 Å². The second kappa shape index (κ2) is 6.41. The lowest BCUT2D eigenvalue weighted by molar-refractivity contribution is -0.114. The molecule has 0 aromatic heterocycles. The van der Waals surface area contributed by atoms with Crippen LogP contribution in [0.1, 0.15) is 17.3 Å². The number of rotatable bonds is 4. The molecule has 5 nitrogen and oxygen atoms in total. The highest BCUT2D eigenvalue weighted by Gasteiger charge is 2.11. The Labute approximate surface area is 129 Å². The van der Waals surface area contributed by atoms with Crippen LogP contribution in [0.2, 0.25) is 0 Å². The molecule has 0 saturated heterocycles. The zero-order valence-electron chi connectivity index (χ0n) is 11.1. The number of halogens is 1. The highest BCUT2D eigenvalue weighted by molar-refractivity contribution is 9.10. The van der Waals surface area contributed by atoms with Gasteiger partial charge in [-0.25, -0.2) is 4.79 Å². The Morgan fingerprint density at radius 3 is 2.52 bits per heavy atom. The van der Waals surface area contributed by atoms with Gasteiger partial charge in [-0.15, -0.1) is 0 Å². The molecular formula is C15H12BrNO4. The van der Waals surface area contributed by atoms with Crippen molar-refractivity contribution in [3.63, 3.8) is 0 Å². The lowest BCUT2D eigenvalue weighted by Crippen LogP contribution is -2.06. The van der Waals surface area contributed by atoms with Crippen molar-refractivity contribution < 1.29 is 19.4 Å². The van der Waals surface area contributed by atoms with Crippen molar-refractivity contribution in [2.45, 2.75) is 6.92 Å². The van der Waals surface area contributed by atoms with E-state index in [1.54, 1.807) is 36.4 Å². The van der Waals surface area contributed by atoms with E-state index < -0.39 is 5.97 Å². The molecule has 0 radical (unpaired) electrons. The Morgan fingerprint density at radius 1 is 1.19 bits per heavy atom. The zero-order valence-corrected chi connectivity index (χ0v) is 12.7. The molecule has 0 unspecified atom stereocenters. The molecule has 6 heteroatoms. The van der Waals surface area contributed by atoms with Crippen LogP contribution in [0.25, 0.3) is 0 Å². The van der Waals surface area contributed by atoms with Gasteiger partial charge in [0.25, 0.3) is 0 Å². The number of ether oxygens (including phenoxy) is 1. The van der Waals surface area contributed by atoms with Crippen molar-refractivity contribution in [2.75, 3.05) is 5.32 Å². The van der Waals surface area contributed by atoms with Gasteiger partial charge in [0.05, 0.1) is 11.3 Å². The SMILES string of the molecule is CC(=O)Nc1ccccc1Oc1ccc(C(=O)O)c(Br)c1. The van der Waals surface area contributed by atoms with E-state index in [2.05, 4.69) is 21.2 Å². The number of carbonyl (C=O) groups is 2. The summed E-state index contributed by atoms with van der Waals surface area (Å²) in [5.41, 5.74) is 0.695. The van der Waals surface area contributed by atoms with Gasteiger partial charge >= 0.3 is 5.97 Å². The summed E-state index contributed by atoms with van der Waals surface area (Å²) in [5.74, 6) is -0.284. The Hall–Kier alpha value is -2.34. The standard InChI is InChI=1S/C15H12BrNO4/c1-9(18)17-13-4-2-3-5-14(13)21-10-6-7-11(15(19)20)12(16)8-10/h2-8H,1H3,(H,17,18)(H,19,20). The van der Waals surface area contributed by atoms with Crippen LogP contribution in [0.3, 0.4) is 0 Å². The van der Waals surface area contributed by atoms with Crippen molar-refractivity contribution in [1.29, 1.82) is 0 Å². The Balaban J connectivity index is 2.28. The minimum atomic E-state index is -1.02. The number of hydrogen-bond acceptors (Lipinski definition) is 3. The summed E-state index contributed by atoms with van der Waals surface area (Å²) in [6, 6.07) is 11.6. The third kappa shape index (κ3) is 3.82. The highest BCUT2D eigenvalue weighted by atomic mass is 79.9. The van der Waals surface area contributed by atoms with Gasteiger partial charge in [-0.1, -0.05) is 12.1 Å². The second-order valence-corrected chi connectivity index (χ2v) is 5.08. The Bertz CT molecular complexity index is 700. The summed E-state index contributed by atoms with van der Waals surface area (Å²) in [6.07, 6.45) is 0. The number of para-hydroxylation sites is 2. The molecule has 1 amide bonds. The largest absolute Gasteiger partial charge is 0.478 e. The topological polar surface area (TPSA) is 75.6 Å². The van der Waals surface area contributed by atoms with Gasteiger partial charge in [0.1, 0.15) is 5.75 Å². The maximum Gasteiger partial charge on any atom is 0.336 e. The molecule has 2 rings (SSSR count). The van der Waals surface area contributed by atoms with E-state index in [0.717, 1.165) is 0 Å². The van der Waals surface area contributed by atoms with Gasteiger partial charge in [-0.2, -0.15) is 0 Å². The average molecular weight is 350 g/mol. The van der Waals surface area contributed by atoms with Crippen LogP contribution in [0.4, 0.5) is 5.69 Å². The van der Waals surface area contributed by atoms with Crippen LogP contribution in [0.5, 0.6) is 11.5 Å². The minimum Gasteiger partial charge on any atom is -0.478 e. The molecule has 0 saturated carbocycles. The number of carboxylic acid groups (broad SMARTS) is 1. The van der Waals surface area contributed by atoms with Crippen molar-refractivity contribution in [2.24, 2.45) is 0 Å². The van der Waals surface area contributed by atoms with Crippen LogP contribution in [-0.4, -0.2) is 17.0 Å². The van der Waals surface area contributed by atoms with Gasteiger partial charge in [0, 0.05) is 11.4 Å². The number of nitrogens with one attached hydrogen (secondary N) is 1. The molecule has 0 aliphatic rings. The fourth-order valence-electron chi connectivity index (χ4n) is 1.71. The van der Waals surface area contributed by atoms with Crippen molar-refractivity contribution in [3.05, 3.63) is 52.5 Å². The first-order valence-electron chi connectivity index (χ1n) is 6.04. The molecule has 2 aromatic rings. The normalized spacial score (nSPS) is 10.0. The monoisotopic (exact) mass is 349 g/mol. The summed E-state index contributed by atoms with van der Waals surface area (Å²) < 4.78 is 6.11. The third-order valence-electron chi connectivity index (χ3n) is 2.60. The summed E-state index contributed by atoms with van der Waals surface area (Å²) in [4.78, 5) is 22.1. The molecule has 0 aliphatic carbocycles. The first-order chi connectivity index (χ1) is 9.97. The fraction of sp³-hybridized carbons (Fsp3) is 0.0667. The summed E-state index contributed by atoms with van der Waals surface area (Å²) >= 11 is 3.19. The van der Waals surface area contributed by atoms with E-state index in [1.165, 1.54) is 13.0 Å².